The van der Waals surface area contributed by atoms with Crippen LogP contribution in [0.4, 0.5) is 0 Å². The monoisotopic (exact) mass is 308 g/mol. The summed E-state index contributed by atoms with van der Waals surface area (Å²) < 4.78 is 0. The summed E-state index contributed by atoms with van der Waals surface area (Å²) in [6.45, 7) is 2.07. The number of nitrogens with one attached hydrogen (secondary N) is 1. The molecule has 2 aromatic rings. The van der Waals surface area contributed by atoms with E-state index in [0.29, 0.717) is 0 Å². The molecular weight excluding hydrogens is 284 g/mol. The number of hydrogen-bond acceptors (Lipinski definition) is 2. The predicted molar refractivity (Wildman–Crippen MR) is 92.8 cm³/mol. The number of nitrogens with two attached hydrogens (primary N) is 1. The predicted octanol–water partition coefficient (Wildman–Crippen LogP) is 3.19. The average molecular weight is 308 g/mol. The van der Waals surface area contributed by atoms with E-state index in [1.54, 1.807) is 0 Å². The Hall–Kier alpha value is -2.13. The molecule has 1 saturated carbocycles. The van der Waals surface area contributed by atoms with Gasteiger partial charge in [-0.3, -0.25) is 4.79 Å². The van der Waals surface area contributed by atoms with E-state index in [0.717, 1.165) is 30.4 Å². The van der Waals surface area contributed by atoms with Crippen molar-refractivity contribution in [3.8, 4) is 0 Å². The third-order valence-electron chi connectivity index (χ3n) is 4.92. The number of amides is 1. The topological polar surface area (TPSA) is 55.1 Å². The number of benzene rings is 2. The van der Waals surface area contributed by atoms with Gasteiger partial charge in [-0.2, -0.15) is 0 Å². The Morgan fingerprint density at radius 2 is 1.52 bits per heavy atom. The van der Waals surface area contributed by atoms with Gasteiger partial charge >= 0.3 is 0 Å². The van der Waals surface area contributed by atoms with Crippen molar-refractivity contribution in [1.29, 1.82) is 0 Å². The van der Waals surface area contributed by atoms with Crippen molar-refractivity contribution in [2.45, 2.75) is 37.8 Å². The summed E-state index contributed by atoms with van der Waals surface area (Å²) in [4.78, 5) is 12.8. The smallest absolute Gasteiger partial charge is 0.224 e. The fraction of sp³-hybridized carbons (Fsp3) is 0.350. The molecule has 0 saturated heterocycles. The summed E-state index contributed by atoms with van der Waals surface area (Å²) in [6.07, 6.45) is 2.60. The van der Waals surface area contributed by atoms with Gasteiger partial charge in [-0.15, -0.1) is 0 Å². The van der Waals surface area contributed by atoms with Gasteiger partial charge in [0, 0.05) is 12.0 Å². The highest BCUT2D eigenvalue weighted by Crippen LogP contribution is 2.31. The zero-order valence-corrected chi connectivity index (χ0v) is 13.5. The van der Waals surface area contributed by atoms with Gasteiger partial charge in [0.25, 0.3) is 0 Å². The van der Waals surface area contributed by atoms with Crippen LogP contribution in [-0.4, -0.2) is 11.9 Å². The lowest BCUT2D eigenvalue weighted by molar-refractivity contribution is -0.126. The van der Waals surface area contributed by atoms with E-state index in [2.05, 4.69) is 36.5 Å². The lowest BCUT2D eigenvalue weighted by Gasteiger charge is -2.33. The molecule has 1 fully saturated rings. The molecule has 2 atom stereocenters. The summed E-state index contributed by atoms with van der Waals surface area (Å²) in [7, 11) is 0. The first kappa shape index (κ1) is 15.8. The van der Waals surface area contributed by atoms with Gasteiger partial charge in [0.1, 0.15) is 0 Å². The van der Waals surface area contributed by atoms with E-state index in [9.17, 15) is 4.79 Å². The molecule has 0 aromatic heterocycles. The third-order valence-corrected chi connectivity index (χ3v) is 4.92. The number of carbonyl (C=O) groups is 1. The van der Waals surface area contributed by atoms with E-state index in [-0.39, 0.29) is 17.9 Å². The van der Waals surface area contributed by atoms with E-state index >= 15 is 0 Å². The molecule has 3 nitrogen and oxygen atoms in total. The molecule has 1 amide bonds. The summed E-state index contributed by atoms with van der Waals surface area (Å²) in [5.74, 6) is 0.130. The lowest BCUT2D eigenvalue weighted by Crippen LogP contribution is -2.46. The van der Waals surface area contributed by atoms with Gasteiger partial charge < -0.3 is 11.1 Å². The lowest BCUT2D eigenvalue weighted by atomic mass is 9.84. The minimum absolute atomic E-state index is 0.0248. The first-order valence-electron chi connectivity index (χ1n) is 8.28. The Bertz CT molecular complexity index is 614. The van der Waals surface area contributed by atoms with Crippen LogP contribution in [0, 0.1) is 5.92 Å². The van der Waals surface area contributed by atoms with Crippen LogP contribution >= 0.6 is 0 Å². The zero-order chi connectivity index (χ0) is 16.3. The van der Waals surface area contributed by atoms with E-state index < -0.39 is 5.54 Å². The number of carbonyl (C=O) groups excluding carboxylic acids is 1. The summed E-state index contributed by atoms with van der Waals surface area (Å²) in [5.41, 5.74) is 7.60. The van der Waals surface area contributed by atoms with Crippen LogP contribution in [0.2, 0.25) is 0 Å². The molecule has 3 N–H and O–H groups in total. The maximum absolute atomic E-state index is 12.8. The van der Waals surface area contributed by atoms with Crippen molar-refractivity contribution in [1.82, 2.24) is 5.32 Å². The van der Waals surface area contributed by atoms with Gasteiger partial charge in [-0.25, -0.2) is 0 Å². The second-order valence-electron chi connectivity index (χ2n) is 6.62. The fourth-order valence-corrected chi connectivity index (χ4v) is 3.46. The third kappa shape index (κ3) is 3.30. The Balaban J connectivity index is 1.92. The van der Waals surface area contributed by atoms with E-state index in [4.69, 9.17) is 5.73 Å². The molecule has 2 aromatic carbocycles. The Morgan fingerprint density at radius 1 is 1.00 bits per heavy atom. The van der Waals surface area contributed by atoms with Crippen LogP contribution in [0.3, 0.4) is 0 Å². The van der Waals surface area contributed by atoms with Crippen LogP contribution in [0.15, 0.2) is 60.7 Å². The van der Waals surface area contributed by atoms with Crippen LogP contribution in [0.25, 0.3) is 0 Å². The fourth-order valence-electron chi connectivity index (χ4n) is 3.46. The van der Waals surface area contributed by atoms with Gasteiger partial charge in [-0.05, 0) is 37.3 Å². The molecule has 23 heavy (non-hydrogen) atoms. The first-order valence-corrected chi connectivity index (χ1v) is 8.28. The van der Waals surface area contributed by atoms with E-state index in [1.165, 1.54) is 0 Å². The molecule has 120 valence electrons. The average Bonchev–Trinajstić information content (AvgIpc) is 3.03. The largest absolute Gasteiger partial charge is 0.343 e. The van der Waals surface area contributed by atoms with Crippen molar-refractivity contribution in [2.24, 2.45) is 11.7 Å². The van der Waals surface area contributed by atoms with Crippen LogP contribution in [0.5, 0.6) is 0 Å². The molecule has 0 heterocycles. The molecule has 3 rings (SSSR count). The summed E-state index contributed by atoms with van der Waals surface area (Å²) in [6, 6.07) is 20.4. The molecule has 0 spiro atoms. The van der Waals surface area contributed by atoms with Gasteiger partial charge in [-0.1, -0.05) is 60.7 Å². The van der Waals surface area contributed by atoms with Crippen molar-refractivity contribution < 1.29 is 4.79 Å². The Kier molecular flexibility index (Phi) is 4.49. The van der Waals surface area contributed by atoms with Gasteiger partial charge in [0.15, 0.2) is 0 Å². The second-order valence-corrected chi connectivity index (χ2v) is 6.62. The minimum Gasteiger partial charge on any atom is -0.343 e. The highest BCUT2D eigenvalue weighted by molar-refractivity contribution is 5.80. The maximum atomic E-state index is 12.8. The number of hydrogen-bond donors (Lipinski definition) is 2. The molecular formula is C20H24N2O. The van der Waals surface area contributed by atoms with Gasteiger partial charge in [0.05, 0.1) is 5.54 Å². The molecule has 1 aliphatic rings. The molecule has 1 aliphatic carbocycles. The SMILES string of the molecule is CC(NC(=O)C1CCC(N)C1)(c1ccccc1)c1ccccc1. The highest BCUT2D eigenvalue weighted by atomic mass is 16.2. The first-order chi connectivity index (χ1) is 11.1. The standard InChI is InChI=1S/C20H24N2O/c1-20(16-8-4-2-5-9-16,17-10-6-3-7-11-17)22-19(23)15-12-13-18(21)14-15/h2-11,15,18H,12-14,21H2,1H3,(H,22,23). The van der Waals surface area contributed by atoms with Gasteiger partial charge in [0.2, 0.25) is 5.91 Å². The Labute approximate surface area is 137 Å². The molecule has 3 heteroatoms. The van der Waals surface area contributed by atoms with Crippen molar-refractivity contribution in [3.63, 3.8) is 0 Å². The van der Waals surface area contributed by atoms with Crippen LogP contribution in [0.1, 0.15) is 37.3 Å². The molecule has 0 bridgehead atoms. The maximum Gasteiger partial charge on any atom is 0.224 e. The Morgan fingerprint density at radius 3 is 1.96 bits per heavy atom. The summed E-state index contributed by atoms with van der Waals surface area (Å²) in [5, 5.41) is 3.29. The van der Waals surface area contributed by atoms with Crippen LogP contribution < -0.4 is 11.1 Å². The van der Waals surface area contributed by atoms with Crippen molar-refractivity contribution >= 4 is 5.91 Å². The van der Waals surface area contributed by atoms with Crippen molar-refractivity contribution in [2.75, 3.05) is 0 Å². The van der Waals surface area contributed by atoms with E-state index in [1.807, 2.05) is 36.4 Å². The van der Waals surface area contributed by atoms with Crippen molar-refractivity contribution in [3.05, 3.63) is 71.8 Å². The molecule has 0 aliphatic heterocycles. The van der Waals surface area contributed by atoms with Crippen LogP contribution in [-0.2, 0) is 10.3 Å². The quantitative estimate of drug-likeness (QED) is 0.911. The molecule has 2 unspecified atom stereocenters. The normalized spacial score (nSPS) is 21.1. The second kappa shape index (κ2) is 6.55. The minimum atomic E-state index is -0.535. The molecule has 0 radical (unpaired) electrons. The highest BCUT2D eigenvalue weighted by Gasteiger charge is 2.35. The number of rotatable bonds is 4. The summed E-state index contributed by atoms with van der Waals surface area (Å²) >= 11 is 0. The zero-order valence-electron chi connectivity index (χ0n) is 13.5.